The van der Waals surface area contributed by atoms with Gasteiger partial charge in [-0.15, -0.1) is 0 Å². The number of rotatable bonds is 3. The fourth-order valence-electron chi connectivity index (χ4n) is 1.12. The molecule has 0 unspecified atom stereocenters. The molecule has 0 heterocycles. The van der Waals surface area contributed by atoms with Crippen molar-refractivity contribution in [2.24, 2.45) is 5.90 Å². The Balaban J connectivity index is 3.09. The van der Waals surface area contributed by atoms with Crippen LogP contribution in [0.25, 0.3) is 0 Å². The molecule has 0 atom stereocenters. The quantitative estimate of drug-likeness (QED) is 0.803. The highest BCUT2D eigenvalue weighted by Gasteiger charge is 2.06. The van der Waals surface area contributed by atoms with Gasteiger partial charge in [0.15, 0.2) is 0 Å². The Morgan fingerprint density at radius 2 is 2.23 bits per heavy atom. The number of phenolic OH excluding ortho intramolecular Hbond substituents is 1. The second-order valence-corrected chi connectivity index (χ2v) is 3.60. The van der Waals surface area contributed by atoms with E-state index in [4.69, 9.17) is 5.90 Å². The van der Waals surface area contributed by atoms with Crippen LogP contribution in [0.15, 0.2) is 16.6 Å². The molecule has 0 aliphatic heterocycles. The molecule has 13 heavy (non-hydrogen) atoms. The summed E-state index contributed by atoms with van der Waals surface area (Å²) in [5.41, 5.74) is 1.84. The molecular weight excluding hydrogens is 234 g/mol. The number of nitrogens with two attached hydrogens (primary N) is 1. The second kappa shape index (κ2) is 4.60. The van der Waals surface area contributed by atoms with Crippen molar-refractivity contribution in [2.45, 2.75) is 20.0 Å². The molecule has 1 aromatic carbocycles. The first-order chi connectivity index (χ1) is 6.19. The summed E-state index contributed by atoms with van der Waals surface area (Å²) < 4.78 is 0.680. The third kappa shape index (κ3) is 2.43. The topological polar surface area (TPSA) is 55.5 Å². The number of halogens is 1. The summed E-state index contributed by atoms with van der Waals surface area (Å²) in [5, 5.41) is 9.57. The zero-order valence-electron chi connectivity index (χ0n) is 7.38. The van der Waals surface area contributed by atoms with Gasteiger partial charge in [0, 0.05) is 5.56 Å². The molecule has 72 valence electrons. The lowest BCUT2D eigenvalue weighted by Gasteiger charge is -2.07. The molecule has 0 saturated carbocycles. The van der Waals surface area contributed by atoms with Crippen LogP contribution in [0.4, 0.5) is 0 Å². The zero-order valence-corrected chi connectivity index (χ0v) is 8.97. The lowest BCUT2D eigenvalue weighted by atomic mass is 10.1. The largest absolute Gasteiger partial charge is 0.506 e. The SMILES string of the molecule is CCc1cc(Br)c(O)c(CON)c1. The minimum atomic E-state index is 0.197. The van der Waals surface area contributed by atoms with E-state index in [2.05, 4.69) is 20.8 Å². The van der Waals surface area contributed by atoms with Crippen molar-refractivity contribution >= 4 is 15.9 Å². The summed E-state index contributed by atoms with van der Waals surface area (Å²) in [6, 6.07) is 3.77. The molecule has 0 aromatic heterocycles. The van der Waals surface area contributed by atoms with Crippen molar-refractivity contribution < 1.29 is 9.94 Å². The maximum absolute atomic E-state index is 9.57. The molecule has 0 saturated heterocycles. The van der Waals surface area contributed by atoms with E-state index in [-0.39, 0.29) is 12.4 Å². The van der Waals surface area contributed by atoms with Gasteiger partial charge in [0.25, 0.3) is 0 Å². The van der Waals surface area contributed by atoms with Crippen LogP contribution in [0.3, 0.4) is 0 Å². The van der Waals surface area contributed by atoms with Crippen LogP contribution in [0, 0.1) is 0 Å². The predicted molar refractivity (Wildman–Crippen MR) is 54.2 cm³/mol. The highest BCUT2D eigenvalue weighted by molar-refractivity contribution is 9.10. The van der Waals surface area contributed by atoms with Gasteiger partial charge in [0.1, 0.15) is 5.75 Å². The minimum Gasteiger partial charge on any atom is -0.506 e. The first-order valence-electron chi connectivity index (χ1n) is 4.01. The van der Waals surface area contributed by atoms with E-state index in [1.165, 1.54) is 0 Å². The van der Waals surface area contributed by atoms with E-state index < -0.39 is 0 Å². The van der Waals surface area contributed by atoms with Crippen molar-refractivity contribution in [1.82, 2.24) is 0 Å². The van der Waals surface area contributed by atoms with E-state index in [1.807, 2.05) is 19.1 Å². The van der Waals surface area contributed by atoms with Crippen molar-refractivity contribution in [2.75, 3.05) is 0 Å². The van der Waals surface area contributed by atoms with Crippen molar-refractivity contribution in [3.8, 4) is 5.75 Å². The molecule has 3 N–H and O–H groups in total. The van der Waals surface area contributed by atoms with Gasteiger partial charge in [-0.1, -0.05) is 6.92 Å². The fraction of sp³-hybridized carbons (Fsp3) is 0.333. The fourth-order valence-corrected chi connectivity index (χ4v) is 1.67. The van der Waals surface area contributed by atoms with Crippen LogP contribution in [-0.2, 0) is 17.9 Å². The average molecular weight is 246 g/mol. The van der Waals surface area contributed by atoms with Gasteiger partial charge in [0.2, 0.25) is 0 Å². The van der Waals surface area contributed by atoms with Gasteiger partial charge in [-0.05, 0) is 40.0 Å². The Labute approximate surface area is 85.6 Å². The van der Waals surface area contributed by atoms with E-state index in [0.717, 1.165) is 12.0 Å². The summed E-state index contributed by atoms with van der Waals surface area (Å²) in [5.74, 6) is 5.14. The second-order valence-electron chi connectivity index (χ2n) is 2.75. The molecule has 1 aromatic rings. The predicted octanol–water partition coefficient (Wildman–Crippen LogP) is 2.11. The highest BCUT2D eigenvalue weighted by atomic mass is 79.9. The van der Waals surface area contributed by atoms with Gasteiger partial charge in [-0.2, -0.15) is 0 Å². The molecule has 0 radical (unpaired) electrons. The first-order valence-corrected chi connectivity index (χ1v) is 4.80. The Morgan fingerprint density at radius 3 is 2.77 bits per heavy atom. The molecular formula is C9H12BrNO2. The third-order valence-corrected chi connectivity index (χ3v) is 2.45. The standard InChI is InChI=1S/C9H12BrNO2/c1-2-6-3-7(5-13-11)9(12)8(10)4-6/h3-4,12H,2,5,11H2,1H3. The van der Waals surface area contributed by atoms with Crippen molar-refractivity contribution in [3.05, 3.63) is 27.7 Å². The number of hydrogen-bond donors (Lipinski definition) is 2. The Bertz CT molecular complexity index is 302. The summed E-state index contributed by atoms with van der Waals surface area (Å²) >= 11 is 3.26. The minimum absolute atomic E-state index is 0.197. The van der Waals surface area contributed by atoms with Gasteiger partial charge < -0.3 is 5.11 Å². The molecule has 4 heteroatoms. The van der Waals surface area contributed by atoms with Crippen LogP contribution >= 0.6 is 15.9 Å². The molecule has 1 rings (SSSR count). The molecule has 0 aliphatic carbocycles. The van der Waals surface area contributed by atoms with E-state index in [1.54, 1.807) is 0 Å². The normalized spacial score (nSPS) is 10.4. The van der Waals surface area contributed by atoms with Crippen molar-refractivity contribution in [1.29, 1.82) is 0 Å². The lowest BCUT2D eigenvalue weighted by Crippen LogP contribution is -2.00. The molecule has 0 aliphatic rings. The maximum Gasteiger partial charge on any atom is 0.135 e. The molecule has 3 nitrogen and oxygen atoms in total. The Morgan fingerprint density at radius 1 is 1.54 bits per heavy atom. The van der Waals surface area contributed by atoms with Crippen LogP contribution in [0.1, 0.15) is 18.1 Å². The van der Waals surface area contributed by atoms with Crippen LogP contribution < -0.4 is 5.90 Å². The van der Waals surface area contributed by atoms with Gasteiger partial charge >= 0.3 is 0 Å². The van der Waals surface area contributed by atoms with Crippen molar-refractivity contribution in [3.63, 3.8) is 0 Å². The third-order valence-electron chi connectivity index (χ3n) is 1.85. The van der Waals surface area contributed by atoms with E-state index in [0.29, 0.717) is 10.0 Å². The maximum atomic E-state index is 9.57. The monoisotopic (exact) mass is 245 g/mol. The Hall–Kier alpha value is -0.580. The number of aryl methyl sites for hydroxylation is 1. The summed E-state index contributed by atoms with van der Waals surface area (Å²) in [4.78, 5) is 4.48. The lowest BCUT2D eigenvalue weighted by molar-refractivity contribution is 0.122. The van der Waals surface area contributed by atoms with Crippen LogP contribution in [-0.4, -0.2) is 5.11 Å². The zero-order chi connectivity index (χ0) is 9.84. The highest BCUT2D eigenvalue weighted by Crippen LogP contribution is 2.29. The van der Waals surface area contributed by atoms with E-state index >= 15 is 0 Å². The van der Waals surface area contributed by atoms with E-state index in [9.17, 15) is 5.11 Å². The molecule has 0 amide bonds. The number of phenols is 1. The number of benzene rings is 1. The number of hydrogen-bond acceptors (Lipinski definition) is 3. The van der Waals surface area contributed by atoms with Crippen LogP contribution in [0.2, 0.25) is 0 Å². The average Bonchev–Trinajstić information content (AvgIpc) is 2.13. The smallest absolute Gasteiger partial charge is 0.135 e. The molecule has 0 bridgehead atoms. The Kier molecular flexibility index (Phi) is 3.71. The number of aromatic hydroxyl groups is 1. The van der Waals surface area contributed by atoms with Gasteiger partial charge in [0.05, 0.1) is 11.1 Å². The summed E-state index contributed by atoms with van der Waals surface area (Å²) in [6.07, 6.45) is 0.913. The van der Waals surface area contributed by atoms with Gasteiger partial charge in [-0.25, -0.2) is 5.90 Å². The summed E-state index contributed by atoms with van der Waals surface area (Å²) in [7, 11) is 0. The van der Waals surface area contributed by atoms with Gasteiger partial charge in [-0.3, -0.25) is 4.84 Å². The van der Waals surface area contributed by atoms with Crippen LogP contribution in [0.5, 0.6) is 5.75 Å². The first kappa shape index (κ1) is 10.5. The molecule has 0 fully saturated rings. The molecule has 0 spiro atoms. The summed E-state index contributed by atoms with van der Waals surface area (Å²) in [6.45, 7) is 2.27.